The number of rotatable bonds is 4. The fourth-order valence-corrected chi connectivity index (χ4v) is 4.55. The summed E-state index contributed by atoms with van der Waals surface area (Å²) < 4.78 is 61.3. The number of alkyl halides is 3. The second-order valence-corrected chi connectivity index (χ2v) is 9.18. The molecular weight excluding hydrogens is 405 g/mol. The highest BCUT2D eigenvalue weighted by Gasteiger charge is 2.37. The van der Waals surface area contributed by atoms with Crippen LogP contribution in [0.25, 0.3) is 0 Å². The first-order valence-electron chi connectivity index (χ1n) is 7.87. The number of aromatic nitrogens is 2. The van der Waals surface area contributed by atoms with Crippen LogP contribution < -0.4 is 5.32 Å². The van der Waals surface area contributed by atoms with Crippen LogP contribution in [0.1, 0.15) is 16.6 Å². The Labute approximate surface area is 157 Å². The minimum absolute atomic E-state index is 0.0827. The van der Waals surface area contributed by atoms with Gasteiger partial charge in [-0.05, 0) is 5.56 Å². The van der Waals surface area contributed by atoms with Crippen molar-refractivity contribution in [3.8, 4) is 0 Å². The van der Waals surface area contributed by atoms with E-state index in [0.29, 0.717) is 5.56 Å². The standard InChI is InChI=1S/C15H15F3N4O3S2/c16-15(17,18)13-20-21-14(26-13)19-12(23)11(10-4-2-1-3-5-10)22-6-8-27(24,25)9-7-22/h1-5,11H,6-9H2,(H,19,21,23). The number of nitrogens with one attached hydrogen (secondary N) is 1. The van der Waals surface area contributed by atoms with Crippen molar-refractivity contribution in [3.63, 3.8) is 0 Å². The summed E-state index contributed by atoms with van der Waals surface area (Å²) in [6.07, 6.45) is -4.64. The van der Waals surface area contributed by atoms with Gasteiger partial charge in [0.15, 0.2) is 9.84 Å². The smallest absolute Gasteiger partial charge is 0.299 e. The van der Waals surface area contributed by atoms with Gasteiger partial charge < -0.3 is 0 Å². The molecule has 1 N–H and O–H groups in total. The molecule has 1 amide bonds. The molecule has 0 radical (unpaired) electrons. The van der Waals surface area contributed by atoms with Crippen molar-refractivity contribution in [2.45, 2.75) is 12.2 Å². The van der Waals surface area contributed by atoms with Crippen LogP contribution in [0.15, 0.2) is 30.3 Å². The molecule has 1 atom stereocenters. The van der Waals surface area contributed by atoms with E-state index in [1.807, 2.05) is 0 Å². The van der Waals surface area contributed by atoms with E-state index in [4.69, 9.17) is 0 Å². The molecule has 0 spiro atoms. The Morgan fingerprint density at radius 2 is 1.78 bits per heavy atom. The van der Waals surface area contributed by atoms with Gasteiger partial charge in [-0.1, -0.05) is 41.7 Å². The minimum atomic E-state index is -4.64. The molecule has 1 aromatic carbocycles. The molecule has 1 aromatic heterocycles. The predicted octanol–water partition coefficient (Wildman–Crippen LogP) is 1.97. The largest absolute Gasteiger partial charge is 0.445 e. The molecule has 7 nitrogen and oxygen atoms in total. The Morgan fingerprint density at radius 3 is 2.33 bits per heavy atom. The van der Waals surface area contributed by atoms with Crippen LogP contribution in [-0.2, 0) is 20.8 Å². The van der Waals surface area contributed by atoms with Gasteiger partial charge in [0.05, 0.1) is 11.5 Å². The Kier molecular flexibility index (Phi) is 5.49. The number of carbonyl (C=O) groups excluding carboxylic acids is 1. The third kappa shape index (κ3) is 4.82. The van der Waals surface area contributed by atoms with Crippen LogP contribution in [-0.4, -0.2) is 54.0 Å². The molecule has 2 heterocycles. The Hall–Kier alpha value is -2.05. The molecule has 0 saturated carbocycles. The molecule has 1 aliphatic rings. The van der Waals surface area contributed by atoms with Gasteiger partial charge in [-0.25, -0.2) is 8.42 Å². The number of carbonyl (C=O) groups is 1. The fraction of sp³-hybridized carbons (Fsp3) is 0.400. The maximum absolute atomic E-state index is 12.8. The molecule has 146 valence electrons. The molecule has 1 aliphatic heterocycles. The Bertz CT molecular complexity index is 902. The minimum Gasteiger partial charge on any atom is -0.299 e. The first kappa shape index (κ1) is 19.7. The summed E-state index contributed by atoms with van der Waals surface area (Å²) in [6.45, 7) is 0.304. The normalized spacial score (nSPS) is 18.8. The average Bonchev–Trinajstić information content (AvgIpc) is 3.06. The number of hydrogen-bond acceptors (Lipinski definition) is 7. The molecular formula is C15H15F3N4O3S2. The lowest BCUT2D eigenvalue weighted by Crippen LogP contribution is -2.46. The molecule has 0 aliphatic carbocycles. The summed E-state index contributed by atoms with van der Waals surface area (Å²) in [7, 11) is -3.15. The zero-order valence-electron chi connectivity index (χ0n) is 13.8. The number of nitrogens with zero attached hydrogens (tertiary/aromatic N) is 3. The first-order chi connectivity index (χ1) is 12.7. The van der Waals surface area contributed by atoms with E-state index in [9.17, 15) is 26.4 Å². The zero-order chi connectivity index (χ0) is 19.7. The van der Waals surface area contributed by atoms with Crippen LogP contribution in [0.5, 0.6) is 0 Å². The van der Waals surface area contributed by atoms with Crippen molar-refractivity contribution >= 4 is 32.2 Å². The second-order valence-electron chi connectivity index (χ2n) is 5.90. The van der Waals surface area contributed by atoms with Crippen LogP contribution in [0.2, 0.25) is 0 Å². The van der Waals surface area contributed by atoms with Crippen LogP contribution >= 0.6 is 11.3 Å². The lowest BCUT2D eigenvalue weighted by molar-refractivity contribution is -0.138. The number of sulfone groups is 1. The Morgan fingerprint density at radius 1 is 1.15 bits per heavy atom. The summed E-state index contributed by atoms with van der Waals surface area (Å²) in [5.41, 5.74) is 0.606. The van der Waals surface area contributed by atoms with Crippen molar-refractivity contribution in [3.05, 3.63) is 40.9 Å². The van der Waals surface area contributed by atoms with E-state index < -0.39 is 33.0 Å². The van der Waals surface area contributed by atoms with Gasteiger partial charge >= 0.3 is 6.18 Å². The quantitative estimate of drug-likeness (QED) is 0.813. The van der Waals surface area contributed by atoms with Crippen LogP contribution in [0.4, 0.5) is 18.3 Å². The van der Waals surface area contributed by atoms with Gasteiger partial charge in [0, 0.05) is 13.1 Å². The van der Waals surface area contributed by atoms with E-state index in [2.05, 4.69) is 15.5 Å². The van der Waals surface area contributed by atoms with E-state index in [0.717, 1.165) is 0 Å². The number of hydrogen-bond donors (Lipinski definition) is 1. The number of anilines is 1. The number of halogens is 3. The lowest BCUT2D eigenvalue weighted by Gasteiger charge is -2.33. The van der Waals surface area contributed by atoms with Gasteiger partial charge in [0.2, 0.25) is 16.0 Å². The van der Waals surface area contributed by atoms with Gasteiger partial charge in [-0.3, -0.25) is 15.0 Å². The van der Waals surface area contributed by atoms with Crippen LogP contribution in [0.3, 0.4) is 0 Å². The van der Waals surface area contributed by atoms with E-state index in [-0.39, 0.29) is 41.1 Å². The molecule has 12 heteroatoms. The van der Waals surface area contributed by atoms with Gasteiger partial charge in [0.25, 0.3) is 0 Å². The second kappa shape index (κ2) is 7.52. The van der Waals surface area contributed by atoms with E-state index in [1.54, 1.807) is 35.2 Å². The van der Waals surface area contributed by atoms with Gasteiger partial charge in [-0.15, -0.1) is 10.2 Å². The monoisotopic (exact) mass is 420 g/mol. The highest BCUT2D eigenvalue weighted by Crippen LogP contribution is 2.33. The molecule has 2 aromatic rings. The van der Waals surface area contributed by atoms with Crippen molar-refractivity contribution < 1.29 is 26.4 Å². The predicted molar refractivity (Wildman–Crippen MR) is 93.0 cm³/mol. The molecule has 1 saturated heterocycles. The highest BCUT2D eigenvalue weighted by atomic mass is 32.2. The highest BCUT2D eigenvalue weighted by molar-refractivity contribution is 7.91. The zero-order valence-corrected chi connectivity index (χ0v) is 15.4. The lowest BCUT2D eigenvalue weighted by atomic mass is 10.0. The number of benzene rings is 1. The van der Waals surface area contributed by atoms with Crippen molar-refractivity contribution in [2.75, 3.05) is 29.9 Å². The molecule has 27 heavy (non-hydrogen) atoms. The third-order valence-corrected chi connectivity index (χ3v) is 6.50. The maximum atomic E-state index is 12.8. The molecule has 1 unspecified atom stereocenters. The summed E-state index contributed by atoms with van der Waals surface area (Å²) in [5, 5.41) is 7.35. The third-order valence-electron chi connectivity index (χ3n) is 4.01. The summed E-state index contributed by atoms with van der Waals surface area (Å²) in [4.78, 5) is 14.5. The van der Waals surface area contributed by atoms with E-state index >= 15 is 0 Å². The Balaban J connectivity index is 1.82. The van der Waals surface area contributed by atoms with Gasteiger partial charge in [-0.2, -0.15) is 13.2 Å². The van der Waals surface area contributed by atoms with E-state index in [1.165, 1.54) is 0 Å². The first-order valence-corrected chi connectivity index (χ1v) is 10.5. The molecule has 3 rings (SSSR count). The van der Waals surface area contributed by atoms with Crippen molar-refractivity contribution in [1.82, 2.24) is 15.1 Å². The summed E-state index contributed by atoms with van der Waals surface area (Å²) in [5.74, 6) is -0.758. The average molecular weight is 420 g/mol. The van der Waals surface area contributed by atoms with Crippen molar-refractivity contribution in [2.24, 2.45) is 0 Å². The maximum Gasteiger partial charge on any atom is 0.445 e. The van der Waals surface area contributed by atoms with Gasteiger partial charge in [0.1, 0.15) is 6.04 Å². The molecule has 1 fully saturated rings. The number of amides is 1. The SMILES string of the molecule is O=C(Nc1nnc(C(F)(F)F)s1)C(c1ccccc1)N1CCS(=O)(=O)CC1. The van der Waals surface area contributed by atoms with Crippen molar-refractivity contribution in [1.29, 1.82) is 0 Å². The van der Waals surface area contributed by atoms with Crippen LogP contribution in [0, 0.1) is 0 Å². The summed E-state index contributed by atoms with van der Waals surface area (Å²) in [6, 6.07) is 7.77. The molecule has 0 bridgehead atoms. The fourth-order valence-electron chi connectivity index (χ4n) is 2.71. The summed E-state index contributed by atoms with van der Waals surface area (Å²) >= 11 is 0.234. The topological polar surface area (TPSA) is 92.3 Å².